The van der Waals surface area contributed by atoms with Crippen molar-refractivity contribution in [2.24, 2.45) is 0 Å². The van der Waals surface area contributed by atoms with E-state index in [9.17, 15) is 10.2 Å². The Balaban J connectivity index is 2.08. The van der Waals surface area contributed by atoms with Crippen LogP contribution >= 0.6 is 24.4 Å². The molecule has 0 saturated carbocycles. The van der Waals surface area contributed by atoms with E-state index in [1.807, 2.05) is 0 Å². The van der Waals surface area contributed by atoms with Crippen LogP contribution in [-0.4, -0.2) is 57.9 Å². The van der Waals surface area contributed by atoms with E-state index in [-0.39, 0.29) is 13.2 Å². The predicted molar refractivity (Wildman–Crippen MR) is 189 cm³/mol. The number of thiocarbonyl (C=S) groups is 2. The summed E-state index contributed by atoms with van der Waals surface area (Å²) in [5.41, 5.74) is 0. The van der Waals surface area contributed by atoms with Gasteiger partial charge in [-0.2, -0.15) is 0 Å². The van der Waals surface area contributed by atoms with Crippen molar-refractivity contribution in [3.05, 3.63) is 0 Å². The van der Waals surface area contributed by atoms with Gasteiger partial charge in [0.05, 0.1) is 13.2 Å². The first kappa shape index (κ1) is 40.7. The molecule has 254 valence electrons. The van der Waals surface area contributed by atoms with Crippen molar-refractivity contribution < 1.29 is 24.4 Å². The van der Waals surface area contributed by atoms with Crippen LogP contribution in [0.4, 0.5) is 0 Å². The van der Waals surface area contributed by atoms with Gasteiger partial charge < -0.3 is 24.4 Å². The van der Waals surface area contributed by atoms with Crippen molar-refractivity contribution in [1.82, 2.24) is 0 Å². The summed E-state index contributed by atoms with van der Waals surface area (Å²) in [5.74, 6) is 0. The van der Waals surface area contributed by atoms with Crippen molar-refractivity contribution >= 4 is 34.5 Å². The third kappa shape index (κ3) is 21.9. The third-order valence-electron chi connectivity index (χ3n) is 8.75. The Morgan fingerprint density at radius 3 is 1.40 bits per heavy atom. The van der Waals surface area contributed by atoms with Gasteiger partial charge in [-0.1, -0.05) is 155 Å². The third-order valence-corrected chi connectivity index (χ3v) is 9.35. The maximum atomic E-state index is 10.8. The van der Waals surface area contributed by atoms with Crippen LogP contribution in [0.2, 0.25) is 0 Å². The minimum Gasteiger partial charge on any atom is -0.479 e. The molecule has 0 unspecified atom stereocenters. The summed E-state index contributed by atoms with van der Waals surface area (Å²) in [7, 11) is 0. The Hall–Kier alpha value is -0.340. The number of hydrogen-bond donors (Lipinski definition) is 2. The molecule has 7 heteroatoms. The molecule has 43 heavy (non-hydrogen) atoms. The number of aliphatic hydroxyl groups is 2. The molecule has 0 bridgehead atoms. The smallest absolute Gasteiger partial charge is 0.160 e. The molecule has 0 spiro atoms. The highest BCUT2D eigenvalue weighted by Crippen LogP contribution is 2.24. The van der Waals surface area contributed by atoms with Crippen molar-refractivity contribution in [1.29, 1.82) is 0 Å². The monoisotopic (exact) mass is 644 g/mol. The highest BCUT2D eigenvalue weighted by molar-refractivity contribution is 7.80. The van der Waals surface area contributed by atoms with Gasteiger partial charge in [-0.05, 0) is 37.3 Å². The standard InChI is InChI=1S/C36H68O5S2/c1-3-5-7-9-11-13-15-17-19-21-23-25-27-33(42)40-31(29-37)36-35(38)32(30-39-36)41-34(43)28-26-24-22-20-18-16-14-12-10-8-6-4-2/h31-32,35-38H,3-30H2,1-2H3/t31-,32+,35-,36-/m1/s1. The van der Waals surface area contributed by atoms with E-state index in [0.717, 1.165) is 32.1 Å². The molecule has 1 aliphatic rings. The summed E-state index contributed by atoms with van der Waals surface area (Å²) in [6.07, 6.45) is 29.8. The van der Waals surface area contributed by atoms with E-state index in [2.05, 4.69) is 13.8 Å². The van der Waals surface area contributed by atoms with Crippen LogP contribution in [0.3, 0.4) is 0 Å². The van der Waals surface area contributed by atoms with E-state index in [4.69, 9.17) is 38.6 Å². The number of ether oxygens (including phenoxy) is 3. The topological polar surface area (TPSA) is 68.2 Å². The van der Waals surface area contributed by atoms with Gasteiger partial charge in [-0.15, -0.1) is 0 Å². The van der Waals surface area contributed by atoms with E-state index in [0.29, 0.717) is 16.5 Å². The molecule has 1 saturated heterocycles. The van der Waals surface area contributed by atoms with E-state index in [1.54, 1.807) is 0 Å². The van der Waals surface area contributed by atoms with Gasteiger partial charge in [0.25, 0.3) is 0 Å². The zero-order valence-corrected chi connectivity index (χ0v) is 29.7. The largest absolute Gasteiger partial charge is 0.479 e. The van der Waals surface area contributed by atoms with Crippen LogP contribution in [0.25, 0.3) is 0 Å². The second-order valence-electron chi connectivity index (χ2n) is 12.8. The molecule has 1 fully saturated rings. The Bertz CT molecular complexity index is 662. The second-order valence-corrected chi connectivity index (χ2v) is 13.7. The zero-order valence-electron chi connectivity index (χ0n) is 28.0. The minimum atomic E-state index is -0.911. The SMILES string of the molecule is CCCCCCCCCCCCCCC(=S)O[C@H]1CO[C@H]([C@@H](CO)OC(=S)CCCCCCCCCCCCCC)[C@@H]1O. The maximum absolute atomic E-state index is 10.8. The van der Waals surface area contributed by atoms with Crippen molar-refractivity contribution in [2.75, 3.05) is 13.2 Å². The summed E-state index contributed by atoms with van der Waals surface area (Å²) in [4.78, 5) is 0. The van der Waals surface area contributed by atoms with Crippen LogP contribution in [-0.2, 0) is 14.2 Å². The average molecular weight is 645 g/mol. The fourth-order valence-electron chi connectivity index (χ4n) is 5.93. The molecular formula is C36H68O5S2. The summed E-state index contributed by atoms with van der Waals surface area (Å²) in [6, 6.07) is 0. The Morgan fingerprint density at radius 2 is 1.00 bits per heavy atom. The normalized spacial score (nSPS) is 19.0. The number of aliphatic hydroxyl groups excluding tert-OH is 2. The highest BCUT2D eigenvalue weighted by atomic mass is 32.1. The molecule has 0 amide bonds. The van der Waals surface area contributed by atoms with Gasteiger partial charge in [-0.25, -0.2) is 0 Å². The lowest BCUT2D eigenvalue weighted by Gasteiger charge is -2.26. The van der Waals surface area contributed by atoms with E-state index in [1.165, 1.54) is 128 Å². The Kier molecular flexibility index (Phi) is 27.5. The quantitative estimate of drug-likeness (QED) is 0.0596. The second kappa shape index (κ2) is 29.1. The summed E-state index contributed by atoms with van der Waals surface area (Å²) < 4.78 is 17.5. The molecule has 0 aromatic heterocycles. The van der Waals surface area contributed by atoms with Gasteiger partial charge in [0.1, 0.15) is 12.2 Å². The van der Waals surface area contributed by atoms with Crippen LogP contribution < -0.4 is 0 Å². The zero-order chi connectivity index (χ0) is 31.4. The molecular weight excluding hydrogens is 577 g/mol. The number of hydrogen-bond acceptors (Lipinski definition) is 7. The first-order valence-electron chi connectivity index (χ1n) is 18.3. The number of unbranched alkanes of at least 4 members (excludes halogenated alkanes) is 22. The van der Waals surface area contributed by atoms with Gasteiger partial charge in [0.15, 0.2) is 22.3 Å². The fourth-order valence-corrected chi connectivity index (χ4v) is 6.47. The number of rotatable bonds is 30. The molecule has 0 radical (unpaired) electrons. The van der Waals surface area contributed by atoms with Gasteiger partial charge in [-0.3, -0.25) is 0 Å². The lowest BCUT2D eigenvalue weighted by atomic mass is 10.0. The minimum absolute atomic E-state index is 0.232. The van der Waals surface area contributed by atoms with Crippen molar-refractivity contribution in [3.8, 4) is 0 Å². The van der Waals surface area contributed by atoms with E-state index < -0.39 is 24.4 Å². The molecule has 4 atom stereocenters. The molecule has 1 heterocycles. The van der Waals surface area contributed by atoms with Crippen molar-refractivity contribution in [3.63, 3.8) is 0 Å². The average Bonchev–Trinajstić information content (AvgIpc) is 3.36. The summed E-state index contributed by atoms with van der Waals surface area (Å²) >= 11 is 10.9. The summed E-state index contributed by atoms with van der Waals surface area (Å²) in [6.45, 7) is 4.50. The van der Waals surface area contributed by atoms with Crippen LogP contribution in [0, 0.1) is 0 Å². The molecule has 5 nitrogen and oxygen atoms in total. The summed E-state index contributed by atoms with van der Waals surface area (Å²) in [5, 5.41) is 21.8. The lowest BCUT2D eigenvalue weighted by Crippen LogP contribution is -2.43. The Morgan fingerprint density at radius 1 is 0.628 bits per heavy atom. The first-order chi connectivity index (χ1) is 21.0. The van der Waals surface area contributed by atoms with Gasteiger partial charge in [0, 0.05) is 12.8 Å². The molecule has 0 aromatic rings. The van der Waals surface area contributed by atoms with Crippen LogP contribution in [0.5, 0.6) is 0 Å². The molecule has 1 aliphatic heterocycles. The molecule has 0 aromatic carbocycles. The van der Waals surface area contributed by atoms with Crippen LogP contribution in [0.15, 0.2) is 0 Å². The maximum Gasteiger partial charge on any atom is 0.160 e. The van der Waals surface area contributed by atoms with Crippen LogP contribution in [0.1, 0.15) is 181 Å². The fraction of sp³-hybridized carbons (Fsp3) is 0.944. The van der Waals surface area contributed by atoms with E-state index >= 15 is 0 Å². The molecule has 1 rings (SSSR count). The Labute approximate surface area is 276 Å². The van der Waals surface area contributed by atoms with Crippen molar-refractivity contribution in [2.45, 2.75) is 205 Å². The lowest BCUT2D eigenvalue weighted by molar-refractivity contribution is -0.0615. The first-order valence-corrected chi connectivity index (χ1v) is 19.1. The van der Waals surface area contributed by atoms with Gasteiger partial charge >= 0.3 is 0 Å². The predicted octanol–water partition coefficient (Wildman–Crippen LogP) is 10.3. The van der Waals surface area contributed by atoms with Gasteiger partial charge in [0.2, 0.25) is 0 Å². The molecule has 0 aliphatic carbocycles. The molecule has 2 N–H and O–H groups in total. The highest BCUT2D eigenvalue weighted by Gasteiger charge is 2.43.